The van der Waals surface area contributed by atoms with E-state index in [4.69, 9.17) is 21.3 Å². The van der Waals surface area contributed by atoms with Gasteiger partial charge < -0.3 is 9.64 Å². The number of likely N-dealkylation sites (N-methyl/N-ethyl adjacent to an activating group) is 1. The van der Waals surface area contributed by atoms with Crippen molar-refractivity contribution in [1.82, 2.24) is 9.88 Å². The minimum Gasteiger partial charge on any atom is -0.494 e. The molecule has 0 N–H and O–H groups in total. The first-order valence-electron chi connectivity index (χ1n) is 9.86. The third kappa shape index (κ3) is 4.77. The lowest BCUT2D eigenvalue weighted by Gasteiger charge is -2.23. The van der Waals surface area contributed by atoms with Gasteiger partial charge in [0.25, 0.3) is 0 Å². The molecule has 3 rings (SSSR count). The quantitative estimate of drug-likeness (QED) is 0.512. The van der Waals surface area contributed by atoms with E-state index in [1.54, 1.807) is 24.1 Å². The minimum absolute atomic E-state index is 0.0287. The van der Waals surface area contributed by atoms with E-state index in [-0.39, 0.29) is 5.91 Å². The second-order valence-corrected chi connectivity index (χ2v) is 9.21. The Morgan fingerprint density at radius 1 is 1.13 bits per heavy atom. The highest BCUT2D eigenvalue weighted by atomic mass is 35.5. The molecule has 0 aliphatic heterocycles. The predicted octanol–water partition coefficient (Wildman–Crippen LogP) is 5.02. The Bertz CT molecular complexity index is 1050. The van der Waals surface area contributed by atoms with Gasteiger partial charge in [0.2, 0.25) is 5.91 Å². The number of hydrogen-bond acceptors (Lipinski definition) is 5. The lowest BCUT2D eigenvalue weighted by Crippen LogP contribution is -2.37. The van der Waals surface area contributed by atoms with Crippen molar-refractivity contribution in [3.8, 4) is 5.75 Å². The van der Waals surface area contributed by atoms with E-state index in [0.717, 1.165) is 27.9 Å². The van der Waals surface area contributed by atoms with Crippen molar-refractivity contribution in [1.29, 1.82) is 0 Å². The lowest BCUT2D eigenvalue weighted by molar-refractivity contribution is -0.118. The Morgan fingerprint density at radius 3 is 2.40 bits per heavy atom. The van der Waals surface area contributed by atoms with Crippen LogP contribution in [-0.2, 0) is 11.2 Å². The van der Waals surface area contributed by atoms with Crippen LogP contribution >= 0.6 is 22.9 Å². The van der Waals surface area contributed by atoms with Crippen LogP contribution in [0.3, 0.4) is 0 Å². The minimum atomic E-state index is 0.0287. The van der Waals surface area contributed by atoms with Crippen LogP contribution < -0.4 is 9.64 Å². The average Bonchev–Trinajstić information content (AvgIpc) is 3.11. The fourth-order valence-electron chi connectivity index (χ4n) is 3.58. The maximum Gasteiger partial charge on any atom is 0.233 e. The molecule has 1 aromatic heterocycles. The van der Waals surface area contributed by atoms with Crippen LogP contribution in [0.2, 0.25) is 5.02 Å². The number of amides is 1. The van der Waals surface area contributed by atoms with E-state index in [1.807, 2.05) is 14.1 Å². The molecule has 0 radical (unpaired) electrons. The topological polar surface area (TPSA) is 45.7 Å². The van der Waals surface area contributed by atoms with Crippen molar-refractivity contribution < 1.29 is 9.53 Å². The summed E-state index contributed by atoms with van der Waals surface area (Å²) in [4.78, 5) is 22.0. The Labute approximate surface area is 187 Å². The highest BCUT2D eigenvalue weighted by Crippen LogP contribution is 2.39. The van der Waals surface area contributed by atoms with Gasteiger partial charge in [-0.3, -0.25) is 9.69 Å². The number of rotatable bonds is 7. The largest absolute Gasteiger partial charge is 0.494 e. The van der Waals surface area contributed by atoms with Gasteiger partial charge in [-0.2, -0.15) is 0 Å². The highest BCUT2D eigenvalue weighted by molar-refractivity contribution is 7.23. The molecule has 30 heavy (non-hydrogen) atoms. The monoisotopic (exact) mass is 445 g/mol. The molecule has 160 valence electrons. The maximum atomic E-state index is 13.4. The molecular formula is C23H28ClN3O2S. The van der Waals surface area contributed by atoms with Crippen LogP contribution in [0, 0.1) is 20.8 Å². The van der Waals surface area contributed by atoms with Crippen LogP contribution in [-0.4, -0.2) is 50.1 Å². The molecule has 0 aliphatic rings. The van der Waals surface area contributed by atoms with E-state index in [2.05, 4.69) is 37.8 Å². The number of fused-ring (bicyclic) bond motifs is 1. The van der Waals surface area contributed by atoms with E-state index in [0.29, 0.717) is 34.4 Å². The zero-order valence-corrected chi connectivity index (χ0v) is 19.9. The Morgan fingerprint density at radius 2 is 1.80 bits per heavy atom. The van der Waals surface area contributed by atoms with Crippen LogP contribution in [0.15, 0.2) is 24.3 Å². The summed E-state index contributed by atoms with van der Waals surface area (Å²) in [7, 11) is 5.60. The standard InChI is InChI=1S/C23H28ClN3O2S/c1-14-11-15(2)17(16(3)12-14)13-20(28)27(10-9-26(4)5)23-25-21-19(29-6)8-7-18(24)22(21)30-23/h7-8,11-12H,9-10,13H2,1-6H3. The third-order valence-electron chi connectivity index (χ3n) is 5.14. The van der Waals surface area contributed by atoms with Gasteiger partial charge >= 0.3 is 0 Å². The second kappa shape index (κ2) is 9.33. The number of anilines is 1. The Balaban J connectivity index is 2.00. The predicted molar refractivity (Wildman–Crippen MR) is 126 cm³/mol. The highest BCUT2D eigenvalue weighted by Gasteiger charge is 2.23. The third-order valence-corrected chi connectivity index (χ3v) is 6.68. The van der Waals surface area contributed by atoms with Crippen molar-refractivity contribution in [3.63, 3.8) is 0 Å². The first-order valence-corrected chi connectivity index (χ1v) is 11.1. The number of methoxy groups -OCH3 is 1. The lowest BCUT2D eigenvalue weighted by atomic mass is 9.97. The van der Waals surface area contributed by atoms with Crippen molar-refractivity contribution in [2.24, 2.45) is 0 Å². The van der Waals surface area contributed by atoms with Crippen molar-refractivity contribution in [3.05, 3.63) is 51.5 Å². The molecule has 7 heteroatoms. The summed E-state index contributed by atoms with van der Waals surface area (Å²) in [6.45, 7) is 7.49. The first kappa shape index (κ1) is 22.5. The van der Waals surface area contributed by atoms with Gasteiger partial charge in [0, 0.05) is 13.1 Å². The van der Waals surface area contributed by atoms with Gasteiger partial charge in [-0.05, 0) is 63.7 Å². The molecule has 1 heterocycles. The number of carbonyl (C=O) groups excluding carboxylic acids is 1. The van der Waals surface area contributed by atoms with Gasteiger partial charge in [-0.15, -0.1) is 0 Å². The summed E-state index contributed by atoms with van der Waals surface area (Å²) >= 11 is 7.83. The first-order chi connectivity index (χ1) is 14.2. The molecule has 3 aromatic rings. The molecule has 0 saturated carbocycles. The Kier molecular flexibility index (Phi) is 7.01. The summed E-state index contributed by atoms with van der Waals surface area (Å²) in [5.74, 6) is 0.684. The molecule has 0 spiro atoms. The molecule has 0 fully saturated rings. The van der Waals surface area contributed by atoms with Crippen LogP contribution in [0.4, 0.5) is 5.13 Å². The number of aromatic nitrogens is 1. The van der Waals surface area contributed by atoms with Crippen LogP contribution in [0.25, 0.3) is 10.2 Å². The van der Waals surface area contributed by atoms with E-state index in [1.165, 1.54) is 16.9 Å². The molecule has 0 bridgehead atoms. The SMILES string of the molecule is COc1ccc(Cl)c2sc(N(CCN(C)C)C(=O)Cc3c(C)cc(C)cc3C)nc12. The molecule has 2 aromatic carbocycles. The number of thiazole rings is 1. The molecule has 0 saturated heterocycles. The summed E-state index contributed by atoms with van der Waals surface area (Å²) < 4.78 is 6.28. The second-order valence-electron chi connectivity index (χ2n) is 7.83. The number of carbonyl (C=O) groups is 1. The summed E-state index contributed by atoms with van der Waals surface area (Å²) in [5.41, 5.74) is 5.26. The molecule has 0 unspecified atom stereocenters. The number of aryl methyl sites for hydroxylation is 3. The van der Waals surface area contributed by atoms with Crippen LogP contribution in [0.1, 0.15) is 22.3 Å². The normalized spacial score (nSPS) is 11.3. The number of nitrogens with zero attached hydrogens (tertiary/aromatic N) is 3. The Hall–Kier alpha value is -2.15. The van der Waals surface area contributed by atoms with Gasteiger partial charge in [-0.25, -0.2) is 4.98 Å². The van der Waals surface area contributed by atoms with Crippen molar-refractivity contribution in [2.75, 3.05) is 39.2 Å². The van der Waals surface area contributed by atoms with E-state index < -0.39 is 0 Å². The van der Waals surface area contributed by atoms with Crippen LogP contribution in [0.5, 0.6) is 5.75 Å². The zero-order valence-electron chi connectivity index (χ0n) is 18.4. The molecule has 5 nitrogen and oxygen atoms in total. The van der Waals surface area contributed by atoms with E-state index in [9.17, 15) is 4.79 Å². The van der Waals surface area contributed by atoms with Crippen molar-refractivity contribution in [2.45, 2.75) is 27.2 Å². The number of halogens is 1. The van der Waals surface area contributed by atoms with Gasteiger partial charge in [0.05, 0.1) is 23.3 Å². The van der Waals surface area contributed by atoms with Gasteiger partial charge in [0.1, 0.15) is 11.3 Å². The summed E-state index contributed by atoms with van der Waals surface area (Å²) in [6, 6.07) is 7.86. The molecule has 1 amide bonds. The fourth-order valence-corrected chi connectivity index (χ4v) is 4.88. The number of hydrogen-bond donors (Lipinski definition) is 0. The van der Waals surface area contributed by atoms with Gasteiger partial charge in [0.15, 0.2) is 5.13 Å². The number of ether oxygens (including phenoxy) is 1. The maximum absolute atomic E-state index is 13.4. The van der Waals surface area contributed by atoms with Gasteiger partial charge in [-0.1, -0.05) is 40.6 Å². The molecular weight excluding hydrogens is 418 g/mol. The van der Waals surface area contributed by atoms with E-state index >= 15 is 0 Å². The smallest absolute Gasteiger partial charge is 0.233 e. The van der Waals surface area contributed by atoms with Crippen molar-refractivity contribution >= 4 is 44.2 Å². The average molecular weight is 446 g/mol. The summed E-state index contributed by atoms with van der Waals surface area (Å²) in [5, 5.41) is 1.26. The number of benzene rings is 2. The fraction of sp³-hybridized carbons (Fsp3) is 0.391. The summed E-state index contributed by atoms with van der Waals surface area (Å²) in [6.07, 6.45) is 0.339. The molecule has 0 aliphatic carbocycles. The molecule has 0 atom stereocenters. The zero-order chi connectivity index (χ0) is 22.0.